The lowest BCUT2D eigenvalue weighted by Gasteiger charge is -2.28. The van der Waals surface area contributed by atoms with Gasteiger partial charge in [-0.25, -0.2) is 9.69 Å². The molecular weight excluding hydrogens is 330 g/mol. The third-order valence-electron chi connectivity index (χ3n) is 5.05. The summed E-state index contributed by atoms with van der Waals surface area (Å²) in [5.74, 6) is -0.122. The number of hydrogen-bond acceptors (Lipinski definition) is 3. The Labute approximate surface area is 154 Å². The summed E-state index contributed by atoms with van der Waals surface area (Å²) in [6, 6.07) is 7.80. The van der Waals surface area contributed by atoms with Crippen molar-refractivity contribution in [1.29, 1.82) is 0 Å². The van der Waals surface area contributed by atoms with E-state index in [9.17, 15) is 14.4 Å². The number of likely N-dealkylation sites (tertiary alicyclic amines) is 1. The molecule has 2 aliphatic heterocycles. The Morgan fingerprint density at radius 1 is 1.15 bits per heavy atom. The number of nitrogens with zero attached hydrogens (tertiary/aromatic N) is 2. The Kier molecular flexibility index (Phi) is 5.59. The van der Waals surface area contributed by atoms with E-state index >= 15 is 0 Å². The molecule has 0 spiro atoms. The number of imide groups is 1. The average molecular weight is 357 g/mol. The molecule has 26 heavy (non-hydrogen) atoms. The lowest BCUT2D eigenvalue weighted by atomic mass is 10.0. The molecular formula is C20H27N3O3. The van der Waals surface area contributed by atoms with E-state index in [1.54, 1.807) is 4.90 Å². The van der Waals surface area contributed by atoms with Crippen LogP contribution in [0, 0.1) is 5.92 Å². The maximum atomic E-state index is 13.1. The van der Waals surface area contributed by atoms with Gasteiger partial charge in [0.1, 0.15) is 12.1 Å². The van der Waals surface area contributed by atoms with Crippen molar-refractivity contribution < 1.29 is 14.4 Å². The summed E-state index contributed by atoms with van der Waals surface area (Å²) in [5.41, 5.74) is 0.943. The summed E-state index contributed by atoms with van der Waals surface area (Å²) in [6.45, 7) is 5.42. The van der Waals surface area contributed by atoms with Gasteiger partial charge >= 0.3 is 6.03 Å². The van der Waals surface area contributed by atoms with Gasteiger partial charge in [0.2, 0.25) is 5.91 Å². The topological polar surface area (TPSA) is 69.7 Å². The molecule has 140 valence electrons. The van der Waals surface area contributed by atoms with Crippen LogP contribution in [0.3, 0.4) is 0 Å². The number of carbonyl (C=O) groups is 3. The number of nitrogens with one attached hydrogen (secondary N) is 1. The SMILES string of the molecule is CC(C)CC1NC(=O)N(C(Cc2ccccc2)C(=O)N2CCCC2)C1=O. The van der Waals surface area contributed by atoms with Crippen LogP contribution in [-0.2, 0) is 16.0 Å². The zero-order valence-corrected chi connectivity index (χ0v) is 15.5. The molecule has 0 aliphatic carbocycles. The Balaban J connectivity index is 1.85. The minimum absolute atomic E-state index is 0.125. The van der Waals surface area contributed by atoms with Crippen LogP contribution in [0.4, 0.5) is 4.79 Å². The number of carbonyl (C=O) groups excluding carboxylic acids is 3. The van der Waals surface area contributed by atoms with Crippen LogP contribution >= 0.6 is 0 Å². The largest absolute Gasteiger partial charge is 0.341 e. The van der Waals surface area contributed by atoms with Gasteiger partial charge < -0.3 is 10.2 Å². The smallest absolute Gasteiger partial charge is 0.325 e. The molecule has 2 atom stereocenters. The number of amides is 4. The van der Waals surface area contributed by atoms with Crippen LogP contribution in [0.15, 0.2) is 30.3 Å². The van der Waals surface area contributed by atoms with Crippen molar-refractivity contribution in [2.24, 2.45) is 5.92 Å². The van der Waals surface area contributed by atoms with E-state index < -0.39 is 18.1 Å². The van der Waals surface area contributed by atoms with Crippen LogP contribution in [0.2, 0.25) is 0 Å². The van der Waals surface area contributed by atoms with Gasteiger partial charge in [0, 0.05) is 19.5 Å². The van der Waals surface area contributed by atoms with Gasteiger partial charge in [-0.05, 0) is 30.7 Å². The molecule has 2 unspecified atom stereocenters. The van der Waals surface area contributed by atoms with Crippen LogP contribution in [0.1, 0.15) is 38.7 Å². The molecule has 6 nitrogen and oxygen atoms in total. The second-order valence-corrected chi connectivity index (χ2v) is 7.58. The Morgan fingerprint density at radius 2 is 1.81 bits per heavy atom. The third-order valence-corrected chi connectivity index (χ3v) is 5.05. The molecule has 2 fully saturated rings. The fraction of sp³-hybridized carbons (Fsp3) is 0.550. The van der Waals surface area contributed by atoms with E-state index in [1.807, 2.05) is 44.2 Å². The standard InChI is InChI=1S/C20H27N3O3/c1-14(2)12-16-18(24)23(20(26)21-16)17(13-15-8-4-3-5-9-15)19(25)22-10-6-7-11-22/h3-5,8-9,14,16-17H,6-7,10-13H2,1-2H3,(H,21,26). The van der Waals surface area contributed by atoms with Crippen molar-refractivity contribution in [2.75, 3.05) is 13.1 Å². The molecule has 0 saturated carbocycles. The highest BCUT2D eigenvalue weighted by Gasteiger charge is 2.45. The van der Waals surface area contributed by atoms with Crippen LogP contribution in [-0.4, -0.2) is 52.8 Å². The van der Waals surface area contributed by atoms with Crippen LogP contribution in [0.25, 0.3) is 0 Å². The van der Waals surface area contributed by atoms with Gasteiger partial charge in [-0.1, -0.05) is 44.2 Å². The van der Waals surface area contributed by atoms with E-state index in [2.05, 4.69) is 5.32 Å². The first-order valence-electron chi connectivity index (χ1n) is 9.43. The van der Waals surface area contributed by atoms with Gasteiger partial charge in [0.05, 0.1) is 0 Å². The molecule has 2 aliphatic rings. The van der Waals surface area contributed by atoms with Crippen molar-refractivity contribution in [3.05, 3.63) is 35.9 Å². The number of urea groups is 1. The molecule has 1 aromatic carbocycles. The molecule has 2 saturated heterocycles. The predicted octanol–water partition coefficient (Wildman–Crippen LogP) is 2.19. The third kappa shape index (κ3) is 3.89. The van der Waals surface area contributed by atoms with Gasteiger partial charge in [-0.15, -0.1) is 0 Å². The minimum atomic E-state index is -0.778. The Bertz CT molecular complexity index is 668. The van der Waals surface area contributed by atoms with Gasteiger partial charge in [0.15, 0.2) is 0 Å². The van der Waals surface area contributed by atoms with E-state index in [1.165, 1.54) is 4.90 Å². The van der Waals surface area contributed by atoms with Crippen LogP contribution < -0.4 is 5.32 Å². The highest BCUT2D eigenvalue weighted by atomic mass is 16.2. The maximum absolute atomic E-state index is 13.1. The number of benzene rings is 1. The van der Waals surface area contributed by atoms with E-state index in [4.69, 9.17) is 0 Å². The Morgan fingerprint density at radius 3 is 2.42 bits per heavy atom. The summed E-state index contributed by atoms with van der Waals surface area (Å²) >= 11 is 0. The van der Waals surface area contributed by atoms with E-state index in [0.717, 1.165) is 18.4 Å². The lowest BCUT2D eigenvalue weighted by Crippen LogP contribution is -2.52. The van der Waals surface area contributed by atoms with Crippen LogP contribution in [0.5, 0.6) is 0 Å². The minimum Gasteiger partial charge on any atom is -0.341 e. The molecule has 1 aromatic rings. The van der Waals surface area contributed by atoms with Crippen molar-refractivity contribution in [3.8, 4) is 0 Å². The fourth-order valence-electron chi connectivity index (χ4n) is 3.75. The predicted molar refractivity (Wildman–Crippen MR) is 98.4 cm³/mol. The molecule has 2 heterocycles. The monoisotopic (exact) mass is 357 g/mol. The summed E-state index contributed by atoms with van der Waals surface area (Å²) in [5, 5.41) is 2.76. The molecule has 0 radical (unpaired) electrons. The van der Waals surface area contributed by atoms with E-state index in [0.29, 0.717) is 25.9 Å². The van der Waals surface area contributed by atoms with Gasteiger partial charge in [0.25, 0.3) is 5.91 Å². The van der Waals surface area contributed by atoms with Gasteiger partial charge in [-0.2, -0.15) is 0 Å². The first-order chi connectivity index (χ1) is 12.5. The average Bonchev–Trinajstić information content (AvgIpc) is 3.23. The molecule has 0 bridgehead atoms. The fourth-order valence-corrected chi connectivity index (χ4v) is 3.75. The molecule has 4 amide bonds. The van der Waals surface area contributed by atoms with Crippen molar-refractivity contribution >= 4 is 17.8 Å². The van der Waals surface area contributed by atoms with Crippen molar-refractivity contribution in [3.63, 3.8) is 0 Å². The second kappa shape index (κ2) is 7.89. The summed E-state index contributed by atoms with van der Waals surface area (Å²) in [7, 11) is 0. The normalized spacial score (nSPS) is 21.4. The molecule has 3 rings (SSSR count). The van der Waals surface area contributed by atoms with Crippen molar-refractivity contribution in [2.45, 2.75) is 51.6 Å². The number of hydrogen-bond donors (Lipinski definition) is 1. The molecule has 6 heteroatoms. The first-order valence-corrected chi connectivity index (χ1v) is 9.43. The van der Waals surface area contributed by atoms with Gasteiger partial charge in [-0.3, -0.25) is 9.59 Å². The van der Waals surface area contributed by atoms with E-state index in [-0.39, 0.29) is 17.7 Å². The summed E-state index contributed by atoms with van der Waals surface area (Å²) in [4.78, 5) is 41.5. The molecule has 0 aromatic heterocycles. The second-order valence-electron chi connectivity index (χ2n) is 7.58. The van der Waals surface area contributed by atoms with Crippen molar-refractivity contribution in [1.82, 2.24) is 15.1 Å². The lowest BCUT2D eigenvalue weighted by molar-refractivity contribution is -0.141. The quantitative estimate of drug-likeness (QED) is 0.794. The Hall–Kier alpha value is -2.37. The molecule has 1 N–H and O–H groups in total. The highest BCUT2D eigenvalue weighted by Crippen LogP contribution is 2.22. The summed E-state index contributed by atoms with van der Waals surface area (Å²) in [6.07, 6.45) is 2.88. The maximum Gasteiger partial charge on any atom is 0.325 e. The first kappa shape index (κ1) is 18.4. The zero-order valence-electron chi connectivity index (χ0n) is 15.5. The number of rotatable bonds is 6. The highest BCUT2D eigenvalue weighted by molar-refractivity contribution is 6.07. The zero-order chi connectivity index (χ0) is 18.7. The summed E-state index contributed by atoms with van der Waals surface area (Å²) < 4.78 is 0.